The van der Waals surface area contributed by atoms with E-state index in [4.69, 9.17) is 5.73 Å². The molecule has 0 bridgehead atoms. The van der Waals surface area contributed by atoms with Gasteiger partial charge in [0.05, 0.1) is 0 Å². The molecular formula is C26H29N3O2. The van der Waals surface area contributed by atoms with Gasteiger partial charge in [-0.3, -0.25) is 9.59 Å². The molecule has 2 atom stereocenters. The molecule has 5 heteroatoms. The van der Waals surface area contributed by atoms with Crippen LogP contribution in [0.2, 0.25) is 0 Å². The highest BCUT2D eigenvalue weighted by Gasteiger charge is 2.50. The molecule has 1 aliphatic rings. The van der Waals surface area contributed by atoms with Crippen molar-refractivity contribution in [2.24, 2.45) is 17.1 Å². The molecular weight excluding hydrogens is 386 g/mol. The molecule has 0 saturated heterocycles. The second kappa shape index (κ2) is 8.06. The van der Waals surface area contributed by atoms with Gasteiger partial charge >= 0.3 is 0 Å². The standard InChI is InChI=1S/C26H29N3O2/c1-16(17-7-4-8-18(13-17)29-25(31)22-14-26(22,2)3)15-28-23-12-6-9-19-20(23)10-5-11-21(19)24(27)30/h4-13,16,22,28H,14-15H2,1-3H3,(H2,27,30)(H,29,31). The van der Waals surface area contributed by atoms with Gasteiger partial charge in [0.15, 0.2) is 0 Å². The zero-order chi connectivity index (χ0) is 22.2. The van der Waals surface area contributed by atoms with Crippen LogP contribution in [0.4, 0.5) is 11.4 Å². The van der Waals surface area contributed by atoms with Gasteiger partial charge in [0.2, 0.25) is 11.8 Å². The second-order valence-electron chi connectivity index (χ2n) is 9.21. The number of anilines is 2. The Balaban J connectivity index is 1.46. The average molecular weight is 416 g/mol. The predicted octanol–water partition coefficient (Wildman–Crippen LogP) is 5.14. The van der Waals surface area contributed by atoms with Crippen molar-refractivity contribution in [2.75, 3.05) is 17.2 Å². The first-order valence-electron chi connectivity index (χ1n) is 10.7. The van der Waals surface area contributed by atoms with Gasteiger partial charge in [0, 0.05) is 34.8 Å². The van der Waals surface area contributed by atoms with Crippen molar-refractivity contribution < 1.29 is 9.59 Å². The number of hydrogen-bond acceptors (Lipinski definition) is 3. The molecule has 0 aromatic heterocycles. The lowest BCUT2D eigenvalue weighted by Gasteiger charge is -2.17. The van der Waals surface area contributed by atoms with Gasteiger partial charge in [-0.25, -0.2) is 0 Å². The van der Waals surface area contributed by atoms with Gasteiger partial charge in [-0.2, -0.15) is 0 Å². The SMILES string of the molecule is CC(CNc1cccc2c(C(N)=O)cccc12)c1cccc(NC(=O)C2CC2(C)C)c1. The van der Waals surface area contributed by atoms with E-state index in [-0.39, 0.29) is 23.2 Å². The maximum absolute atomic E-state index is 12.4. The van der Waals surface area contributed by atoms with Crippen molar-refractivity contribution in [3.8, 4) is 0 Å². The van der Waals surface area contributed by atoms with Gasteiger partial charge in [0.1, 0.15) is 0 Å². The maximum atomic E-state index is 12.4. The van der Waals surface area contributed by atoms with Crippen molar-refractivity contribution in [1.29, 1.82) is 0 Å². The summed E-state index contributed by atoms with van der Waals surface area (Å²) < 4.78 is 0. The first-order chi connectivity index (χ1) is 14.8. The molecule has 4 rings (SSSR count). The van der Waals surface area contributed by atoms with Crippen LogP contribution in [0.1, 0.15) is 49.0 Å². The number of hydrogen-bond donors (Lipinski definition) is 3. The monoisotopic (exact) mass is 415 g/mol. The minimum atomic E-state index is -0.426. The van der Waals surface area contributed by atoms with Gasteiger partial charge < -0.3 is 16.4 Å². The summed E-state index contributed by atoms with van der Waals surface area (Å²) >= 11 is 0. The van der Waals surface area contributed by atoms with Crippen molar-refractivity contribution in [3.63, 3.8) is 0 Å². The largest absolute Gasteiger partial charge is 0.384 e. The van der Waals surface area contributed by atoms with E-state index in [2.05, 4.69) is 37.5 Å². The molecule has 3 aromatic carbocycles. The molecule has 4 N–H and O–H groups in total. The Morgan fingerprint density at radius 2 is 1.74 bits per heavy atom. The van der Waals surface area contributed by atoms with Crippen LogP contribution < -0.4 is 16.4 Å². The number of benzene rings is 3. The third kappa shape index (κ3) is 4.41. The van der Waals surface area contributed by atoms with E-state index in [9.17, 15) is 9.59 Å². The molecule has 2 unspecified atom stereocenters. The van der Waals surface area contributed by atoms with Crippen LogP contribution in [-0.2, 0) is 4.79 Å². The zero-order valence-corrected chi connectivity index (χ0v) is 18.2. The Hall–Kier alpha value is -3.34. The lowest BCUT2D eigenvalue weighted by atomic mass is 9.99. The highest BCUT2D eigenvalue weighted by molar-refractivity contribution is 6.09. The first-order valence-corrected chi connectivity index (χ1v) is 10.7. The van der Waals surface area contributed by atoms with Crippen molar-refractivity contribution in [2.45, 2.75) is 33.1 Å². The number of nitrogens with two attached hydrogens (primary N) is 1. The van der Waals surface area contributed by atoms with Crippen molar-refractivity contribution >= 4 is 34.0 Å². The third-order valence-corrected chi connectivity index (χ3v) is 6.34. The minimum Gasteiger partial charge on any atom is -0.384 e. The van der Waals surface area contributed by atoms with Crippen LogP contribution in [0.3, 0.4) is 0 Å². The summed E-state index contributed by atoms with van der Waals surface area (Å²) in [5.41, 5.74) is 9.12. The fourth-order valence-electron chi connectivity index (χ4n) is 4.13. The summed E-state index contributed by atoms with van der Waals surface area (Å²) in [4.78, 5) is 24.2. The van der Waals surface area contributed by atoms with Crippen molar-refractivity contribution in [3.05, 3.63) is 71.8 Å². The molecule has 0 heterocycles. The molecule has 160 valence electrons. The molecule has 3 aromatic rings. The third-order valence-electron chi connectivity index (χ3n) is 6.34. The average Bonchev–Trinajstić information content (AvgIpc) is 3.40. The topological polar surface area (TPSA) is 84.2 Å². The molecule has 5 nitrogen and oxygen atoms in total. The number of carbonyl (C=O) groups is 2. The van der Waals surface area contributed by atoms with E-state index in [1.54, 1.807) is 6.07 Å². The lowest BCUT2D eigenvalue weighted by Crippen LogP contribution is -2.17. The van der Waals surface area contributed by atoms with E-state index >= 15 is 0 Å². The molecule has 1 aliphatic carbocycles. The molecule has 0 spiro atoms. The van der Waals surface area contributed by atoms with E-state index in [1.807, 2.05) is 48.5 Å². The van der Waals surface area contributed by atoms with Gasteiger partial charge in [-0.05, 0) is 53.0 Å². The number of fused-ring (bicyclic) bond motifs is 1. The van der Waals surface area contributed by atoms with Gasteiger partial charge in [-0.1, -0.05) is 57.2 Å². The molecule has 1 fully saturated rings. The molecule has 1 saturated carbocycles. The van der Waals surface area contributed by atoms with Gasteiger partial charge in [-0.15, -0.1) is 0 Å². The smallest absolute Gasteiger partial charge is 0.249 e. The van der Waals surface area contributed by atoms with Crippen LogP contribution >= 0.6 is 0 Å². The first kappa shape index (κ1) is 20.9. The molecule has 0 aliphatic heterocycles. The van der Waals surface area contributed by atoms with E-state index in [0.717, 1.165) is 34.1 Å². The van der Waals surface area contributed by atoms with E-state index < -0.39 is 5.91 Å². The van der Waals surface area contributed by atoms with Crippen LogP contribution in [0.15, 0.2) is 60.7 Å². The number of rotatable bonds is 7. The normalized spacial score (nSPS) is 17.7. The lowest BCUT2D eigenvalue weighted by molar-refractivity contribution is -0.118. The van der Waals surface area contributed by atoms with Crippen LogP contribution in [0.5, 0.6) is 0 Å². The molecule has 31 heavy (non-hydrogen) atoms. The van der Waals surface area contributed by atoms with Crippen LogP contribution in [-0.4, -0.2) is 18.4 Å². The zero-order valence-electron chi connectivity index (χ0n) is 18.2. The summed E-state index contributed by atoms with van der Waals surface area (Å²) in [5.74, 6) is 0.00852. The minimum absolute atomic E-state index is 0.104. The highest BCUT2D eigenvalue weighted by atomic mass is 16.2. The summed E-state index contributed by atoms with van der Waals surface area (Å²) in [5, 5.41) is 8.40. The summed E-state index contributed by atoms with van der Waals surface area (Å²) in [6, 6.07) is 19.5. The Kier molecular flexibility index (Phi) is 5.44. The Morgan fingerprint density at radius 1 is 1.06 bits per heavy atom. The highest BCUT2D eigenvalue weighted by Crippen LogP contribution is 2.52. The summed E-state index contributed by atoms with van der Waals surface area (Å²) in [6.07, 6.45) is 0.946. The van der Waals surface area contributed by atoms with Gasteiger partial charge in [0.25, 0.3) is 0 Å². The van der Waals surface area contributed by atoms with Crippen LogP contribution in [0.25, 0.3) is 10.8 Å². The Morgan fingerprint density at radius 3 is 2.45 bits per heavy atom. The quantitative estimate of drug-likeness (QED) is 0.500. The fourth-order valence-corrected chi connectivity index (χ4v) is 4.13. The number of primary amides is 1. The number of amides is 2. The van der Waals surface area contributed by atoms with Crippen molar-refractivity contribution in [1.82, 2.24) is 0 Å². The number of carbonyl (C=O) groups excluding carboxylic acids is 2. The van der Waals surface area contributed by atoms with E-state index in [0.29, 0.717) is 12.1 Å². The van der Waals surface area contributed by atoms with E-state index in [1.165, 1.54) is 0 Å². The summed E-state index contributed by atoms with van der Waals surface area (Å²) in [6.45, 7) is 7.12. The molecule has 0 radical (unpaired) electrons. The second-order valence-corrected chi connectivity index (χ2v) is 9.21. The molecule has 2 amide bonds. The van der Waals surface area contributed by atoms with Crippen LogP contribution in [0, 0.1) is 11.3 Å². The summed E-state index contributed by atoms with van der Waals surface area (Å²) in [7, 11) is 0. The predicted molar refractivity (Wildman–Crippen MR) is 126 cm³/mol. The number of nitrogens with one attached hydrogen (secondary N) is 2. The Labute approximate surface area is 183 Å². The Bertz CT molecular complexity index is 1150. The fraction of sp³-hybridized carbons (Fsp3) is 0.308. The maximum Gasteiger partial charge on any atom is 0.249 e.